The topological polar surface area (TPSA) is 25.8 Å². The molecule has 0 aliphatic heterocycles. The monoisotopic (exact) mass is 684 g/mol. The largest absolute Gasteiger partial charge is 0.245 e. The van der Waals surface area contributed by atoms with Crippen molar-refractivity contribution in [1.82, 2.24) is 9.97 Å². The maximum atomic E-state index is 5.55. The Balaban J connectivity index is 1.34. The normalized spacial score (nSPS) is 11.7. The lowest BCUT2D eigenvalue weighted by Crippen LogP contribution is -1.97. The van der Waals surface area contributed by atoms with Crippen LogP contribution >= 0.6 is 0 Å². The molecule has 2 nitrogen and oxygen atoms in total. The molecule has 0 N–H and O–H groups in total. The molecule has 0 unspecified atom stereocenters. The van der Waals surface area contributed by atoms with Crippen LogP contribution in [0.3, 0.4) is 0 Å². The van der Waals surface area contributed by atoms with Crippen molar-refractivity contribution in [2.75, 3.05) is 0 Å². The Kier molecular flexibility index (Phi) is 6.90. The maximum Gasteiger partial charge on any atom is 0.0978 e. The summed E-state index contributed by atoms with van der Waals surface area (Å²) in [5.41, 5.74) is 10.5. The van der Waals surface area contributed by atoms with Crippen molar-refractivity contribution >= 4 is 64.9 Å². The number of pyridine rings is 2. The van der Waals surface area contributed by atoms with E-state index in [4.69, 9.17) is 9.97 Å². The first-order chi connectivity index (χ1) is 26.8. The van der Waals surface area contributed by atoms with E-state index >= 15 is 0 Å². The Morgan fingerprint density at radius 3 is 0.926 bits per heavy atom. The van der Waals surface area contributed by atoms with E-state index in [0.29, 0.717) is 0 Å². The minimum Gasteiger partial charge on any atom is -0.245 e. The zero-order valence-electron chi connectivity index (χ0n) is 29.4. The van der Waals surface area contributed by atoms with Gasteiger partial charge in [-0.15, -0.1) is 0 Å². The van der Waals surface area contributed by atoms with Gasteiger partial charge in [0.05, 0.1) is 22.4 Å². The van der Waals surface area contributed by atoms with Crippen molar-refractivity contribution < 1.29 is 0 Å². The summed E-state index contributed by atoms with van der Waals surface area (Å²) < 4.78 is 0. The molecule has 11 aromatic rings. The van der Waals surface area contributed by atoms with Crippen LogP contribution in [0.1, 0.15) is 0 Å². The fourth-order valence-corrected chi connectivity index (χ4v) is 8.51. The van der Waals surface area contributed by atoms with Gasteiger partial charge in [0.2, 0.25) is 0 Å². The van der Waals surface area contributed by atoms with Crippen molar-refractivity contribution in [2.45, 2.75) is 0 Å². The predicted octanol–water partition coefficient (Wildman–Crippen LogP) is 14.1. The molecule has 250 valence electrons. The average Bonchev–Trinajstić information content (AvgIpc) is 3.24. The van der Waals surface area contributed by atoms with E-state index < -0.39 is 0 Å². The molecule has 0 amide bonds. The van der Waals surface area contributed by atoms with E-state index in [0.717, 1.165) is 55.4 Å². The molecule has 2 aromatic heterocycles. The summed E-state index contributed by atoms with van der Waals surface area (Å²) in [5, 5.41) is 11.9. The lowest BCUT2D eigenvalue weighted by molar-refractivity contribution is 1.37. The third kappa shape index (κ3) is 4.81. The Labute approximate surface area is 312 Å². The molecule has 0 spiro atoms. The van der Waals surface area contributed by atoms with E-state index in [1.165, 1.54) is 54.2 Å². The van der Waals surface area contributed by atoms with Gasteiger partial charge in [0.15, 0.2) is 0 Å². The molecular weight excluding hydrogens is 653 g/mol. The summed E-state index contributed by atoms with van der Waals surface area (Å²) in [6.07, 6.45) is 0. The van der Waals surface area contributed by atoms with Crippen LogP contribution in [0, 0.1) is 0 Å². The smallest absolute Gasteiger partial charge is 0.0978 e. The molecule has 0 fully saturated rings. The minimum atomic E-state index is 0.893. The molecule has 0 aliphatic rings. The summed E-state index contributed by atoms with van der Waals surface area (Å²) in [5.74, 6) is 0. The highest BCUT2D eigenvalue weighted by molar-refractivity contribution is 6.22. The quantitative estimate of drug-likeness (QED) is 0.136. The number of benzene rings is 9. The Morgan fingerprint density at radius 2 is 0.574 bits per heavy atom. The third-order valence-electron chi connectivity index (χ3n) is 11.0. The maximum absolute atomic E-state index is 5.55. The van der Waals surface area contributed by atoms with Gasteiger partial charge in [0.25, 0.3) is 0 Å². The highest BCUT2D eigenvalue weighted by Gasteiger charge is 2.21. The molecule has 0 bridgehead atoms. The van der Waals surface area contributed by atoms with Crippen LogP contribution in [-0.2, 0) is 0 Å². The fraction of sp³-hybridized carbons (Fsp3) is 0. The van der Waals surface area contributed by atoms with Gasteiger partial charge >= 0.3 is 0 Å². The molecule has 0 aliphatic carbocycles. The molecule has 2 heteroatoms. The molecule has 11 rings (SSSR count). The minimum absolute atomic E-state index is 0.893. The molecule has 0 saturated heterocycles. The van der Waals surface area contributed by atoms with Crippen molar-refractivity contribution in [3.63, 3.8) is 0 Å². The van der Waals surface area contributed by atoms with Gasteiger partial charge in [0, 0.05) is 21.9 Å². The zero-order valence-corrected chi connectivity index (χ0v) is 29.4. The number of rotatable bonds is 4. The summed E-state index contributed by atoms with van der Waals surface area (Å²) in [7, 11) is 0. The summed E-state index contributed by atoms with van der Waals surface area (Å²) >= 11 is 0. The second kappa shape index (κ2) is 12.2. The Bertz CT molecular complexity index is 2930. The van der Waals surface area contributed by atoms with Gasteiger partial charge in [-0.1, -0.05) is 170 Å². The van der Waals surface area contributed by atoms with Crippen molar-refractivity contribution in [1.29, 1.82) is 0 Å². The lowest BCUT2D eigenvalue weighted by Gasteiger charge is -2.19. The van der Waals surface area contributed by atoms with Crippen LogP contribution in [0.25, 0.3) is 110 Å². The number of nitrogens with zero attached hydrogens (tertiary/aromatic N) is 2. The van der Waals surface area contributed by atoms with Gasteiger partial charge in [-0.05, 0) is 89.6 Å². The summed E-state index contributed by atoms with van der Waals surface area (Å²) in [6.45, 7) is 0. The first-order valence-electron chi connectivity index (χ1n) is 18.5. The van der Waals surface area contributed by atoms with Crippen molar-refractivity contribution in [3.05, 3.63) is 194 Å². The van der Waals surface area contributed by atoms with E-state index in [9.17, 15) is 0 Å². The van der Waals surface area contributed by atoms with Crippen LogP contribution < -0.4 is 0 Å². The van der Waals surface area contributed by atoms with Crippen LogP contribution in [0.4, 0.5) is 0 Å². The molecule has 2 heterocycles. The molecule has 9 aromatic carbocycles. The second-order valence-corrected chi connectivity index (χ2v) is 14.1. The van der Waals surface area contributed by atoms with Crippen molar-refractivity contribution in [3.8, 4) is 44.8 Å². The SMILES string of the molecule is c1ccc(-c2cc(-c3c4ccccc4cc4ccccc34)c3ccc4c(-c5c6ccccc6cc6ccccc56)cc(-c5ccccc5)nc4c3n2)cc1. The number of fused-ring (bicyclic) bond motifs is 7. The molecular formula is C52H32N2. The first kappa shape index (κ1) is 30.5. The van der Waals surface area contributed by atoms with Crippen molar-refractivity contribution in [2.24, 2.45) is 0 Å². The van der Waals surface area contributed by atoms with Crippen LogP contribution in [0.2, 0.25) is 0 Å². The molecule has 0 saturated carbocycles. The summed E-state index contributed by atoms with van der Waals surface area (Å²) in [6, 6.07) is 69.8. The van der Waals surface area contributed by atoms with E-state index in [2.05, 4.69) is 194 Å². The summed E-state index contributed by atoms with van der Waals surface area (Å²) in [4.78, 5) is 11.1. The van der Waals surface area contributed by atoms with Gasteiger partial charge < -0.3 is 0 Å². The van der Waals surface area contributed by atoms with E-state index in [1.54, 1.807) is 0 Å². The van der Waals surface area contributed by atoms with Crippen LogP contribution in [0.5, 0.6) is 0 Å². The molecule has 0 radical (unpaired) electrons. The lowest BCUT2D eigenvalue weighted by atomic mass is 9.87. The third-order valence-corrected chi connectivity index (χ3v) is 11.0. The van der Waals surface area contributed by atoms with Crippen LogP contribution in [-0.4, -0.2) is 9.97 Å². The highest BCUT2D eigenvalue weighted by atomic mass is 14.8. The number of hydrogen-bond donors (Lipinski definition) is 0. The van der Waals surface area contributed by atoms with Gasteiger partial charge in [0.1, 0.15) is 0 Å². The highest BCUT2D eigenvalue weighted by Crippen LogP contribution is 2.45. The molecule has 0 atom stereocenters. The standard InChI is InChI=1S/C52H32N2/c1-3-15-33(16-4-1)47-31-45(49-39-23-11-7-19-35(39)29-36-20-8-12-24-40(36)49)43-27-28-44-46(32-48(34-17-5-2-6-18-34)54-52(44)51(43)53-47)50-41-25-13-9-21-37(41)30-38-22-10-14-26-42(38)50/h1-32H. The number of aromatic nitrogens is 2. The van der Waals surface area contributed by atoms with Gasteiger partial charge in [-0.3, -0.25) is 0 Å². The Morgan fingerprint density at radius 1 is 0.259 bits per heavy atom. The van der Waals surface area contributed by atoms with Gasteiger partial charge in [-0.25, -0.2) is 9.97 Å². The zero-order chi connectivity index (χ0) is 35.6. The molecule has 54 heavy (non-hydrogen) atoms. The second-order valence-electron chi connectivity index (χ2n) is 14.1. The predicted molar refractivity (Wildman–Crippen MR) is 229 cm³/mol. The fourth-order valence-electron chi connectivity index (χ4n) is 8.51. The number of hydrogen-bond acceptors (Lipinski definition) is 2. The van der Waals surface area contributed by atoms with E-state index in [-0.39, 0.29) is 0 Å². The Hall–Kier alpha value is -7.16. The average molecular weight is 685 g/mol. The van der Waals surface area contributed by atoms with E-state index in [1.807, 2.05) is 0 Å². The van der Waals surface area contributed by atoms with Gasteiger partial charge in [-0.2, -0.15) is 0 Å². The first-order valence-corrected chi connectivity index (χ1v) is 18.5. The van der Waals surface area contributed by atoms with Crippen LogP contribution in [0.15, 0.2) is 194 Å².